The number of nitrogens with zero attached hydrogens (tertiary/aromatic N) is 2. The van der Waals surface area contributed by atoms with Gasteiger partial charge in [-0.25, -0.2) is 4.79 Å². The van der Waals surface area contributed by atoms with E-state index in [4.69, 9.17) is 11.6 Å². The number of amides is 2. The van der Waals surface area contributed by atoms with Crippen molar-refractivity contribution in [3.8, 4) is 0 Å². The second kappa shape index (κ2) is 5.74. The number of carboxylic acids is 1. The highest BCUT2D eigenvalue weighted by Crippen LogP contribution is 2.67. The van der Waals surface area contributed by atoms with Crippen LogP contribution in [0, 0.1) is 5.41 Å². The van der Waals surface area contributed by atoms with E-state index in [1.165, 1.54) is 0 Å². The second-order valence-corrected chi connectivity index (χ2v) is 7.83. The molecule has 3 aliphatic carbocycles. The van der Waals surface area contributed by atoms with Crippen LogP contribution in [-0.2, 0) is 11.8 Å². The Morgan fingerprint density at radius 2 is 1.88 bits per heavy atom. The van der Waals surface area contributed by atoms with Crippen LogP contribution in [0.5, 0.6) is 0 Å². The van der Waals surface area contributed by atoms with Crippen LogP contribution < -0.4 is 10.6 Å². The van der Waals surface area contributed by atoms with Gasteiger partial charge in [0, 0.05) is 23.8 Å². The highest BCUT2D eigenvalue weighted by molar-refractivity contribution is 6.30. The van der Waals surface area contributed by atoms with Crippen LogP contribution in [0.4, 0.5) is 4.79 Å². The molecule has 136 valence electrons. The number of carbonyl (C=O) groups excluding carboxylic acids is 1. The average molecular weight is 375 g/mol. The molecule has 3 saturated carbocycles. The summed E-state index contributed by atoms with van der Waals surface area (Å²) >= 11 is 5.96. The monoisotopic (exact) mass is 374 g/mol. The van der Waals surface area contributed by atoms with Crippen molar-refractivity contribution in [1.82, 2.24) is 20.4 Å². The van der Waals surface area contributed by atoms with Crippen molar-refractivity contribution in [3.63, 3.8) is 0 Å². The predicted octanol–water partition coefficient (Wildman–Crippen LogP) is 2.47. The molecular weight excluding hydrogens is 356 g/mol. The molecule has 1 aromatic carbocycles. The van der Waals surface area contributed by atoms with Crippen molar-refractivity contribution in [2.75, 3.05) is 0 Å². The highest BCUT2D eigenvalue weighted by atomic mass is 35.5. The van der Waals surface area contributed by atoms with E-state index < -0.39 is 17.4 Å². The molecule has 3 aliphatic rings. The molecule has 0 spiro atoms. The number of rotatable bonds is 5. The van der Waals surface area contributed by atoms with E-state index in [0.717, 1.165) is 5.56 Å². The second-order valence-electron chi connectivity index (χ2n) is 7.39. The van der Waals surface area contributed by atoms with Gasteiger partial charge in [0.05, 0.1) is 11.1 Å². The number of hydrogen-bond donors (Lipinski definition) is 3. The van der Waals surface area contributed by atoms with Gasteiger partial charge in [0.1, 0.15) is 6.04 Å². The molecule has 1 heterocycles. The molecule has 3 fully saturated rings. The molecule has 1 aromatic heterocycles. The lowest BCUT2D eigenvalue weighted by atomic mass is 9.39. The SMILES string of the molecule is Cn1ccc(C(NC(=O)NC23CC(C(=O)O)(C2)C3)c2ccc(Cl)cc2)n1. The Morgan fingerprint density at radius 3 is 2.42 bits per heavy atom. The van der Waals surface area contributed by atoms with Crippen LogP contribution in [0.15, 0.2) is 36.5 Å². The summed E-state index contributed by atoms with van der Waals surface area (Å²) in [6.45, 7) is 0. The first-order valence-electron chi connectivity index (χ1n) is 8.38. The van der Waals surface area contributed by atoms with Gasteiger partial charge in [-0.2, -0.15) is 5.10 Å². The number of aliphatic carboxylic acids is 1. The lowest BCUT2D eigenvalue weighted by Crippen LogP contribution is -2.77. The first-order chi connectivity index (χ1) is 12.3. The molecule has 0 radical (unpaired) electrons. The molecule has 1 unspecified atom stereocenters. The Kier molecular flexibility index (Phi) is 3.73. The number of hydrogen-bond acceptors (Lipinski definition) is 3. The summed E-state index contributed by atoms with van der Waals surface area (Å²) in [7, 11) is 1.82. The number of benzene rings is 1. The molecule has 2 amide bonds. The van der Waals surface area contributed by atoms with Crippen molar-refractivity contribution in [1.29, 1.82) is 0 Å². The minimum absolute atomic E-state index is 0.325. The maximum Gasteiger partial charge on any atom is 0.316 e. The van der Waals surface area contributed by atoms with Crippen LogP contribution in [0.1, 0.15) is 36.6 Å². The maximum atomic E-state index is 12.6. The molecule has 8 heteroatoms. The van der Waals surface area contributed by atoms with Gasteiger partial charge in [0.15, 0.2) is 0 Å². The van der Waals surface area contributed by atoms with E-state index in [9.17, 15) is 14.7 Å². The van der Waals surface area contributed by atoms with E-state index in [2.05, 4.69) is 15.7 Å². The lowest BCUT2D eigenvalue weighted by Gasteiger charge is -2.67. The summed E-state index contributed by atoms with van der Waals surface area (Å²) < 4.78 is 1.68. The highest BCUT2D eigenvalue weighted by Gasteiger charge is 2.72. The Labute approximate surface area is 155 Å². The molecule has 5 rings (SSSR count). The number of halogens is 1. The standard InChI is InChI=1S/C18H19ClN4O3/c1-23-7-6-13(22-23)14(11-2-4-12(19)5-3-11)20-16(26)21-18-8-17(9-18,10-18)15(24)25/h2-7,14H,8-10H2,1H3,(H,24,25)(H2,20,21,26). The summed E-state index contributed by atoms with van der Waals surface area (Å²) in [5.74, 6) is -0.769. The van der Waals surface area contributed by atoms with Crippen molar-refractivity contribution >= 4 is 23.6 Å². The van der Waals surface area contributed by atoms with Crippen LogP contribution in [0.25, 0.3) is 0 Å². The van der Waals surface area contributed by atoms with E-state index in [1.807, 2.05) is 31.4 Å². The maximum absolute atomic E-state index is 12.6. The number of carbonyl (C=O) groups is 2. The summed E-state index contributed by atoms with van der Waals surface area (Å²) in [4.78, 5) is 23.7. The van der Waals surface area contributed by atoms with Crippen LogP contribution >= 0.6 is 11.6 Å². The predicted molar refractivity (Wildman–Crippen MR) is 94.8 cm³/mol. The third-order valence-corrected chi connectivity index (χ3v) is 5.62. The molecular formula is C18H19ClN4O3. The Bertz CT molecular complexity index is 857. The number of aromatic nitrogens is 2. The lowest BCUT2D eigenvalue weighted by molar-refractivity contribution is -0.196. The molecule has 2 bridgehead atoms. The van der Waals surface area contributed by atoms with Gasteiger partial charge in [-0.15, -0.1) is 0 Å². The largest absolute Gasteiger partial charge is 0.481 e. The summed E-state index contributed by atoms with van der Waals surface area (Å²) in [6.07, 6.45) is 3.31. The topological polar surface area (TPSA) is 96.2 Å². The Hall–Kier alpha value is -2.54. The van der Waals surface area contributed by atoms with E-state index in [0.29, 0.717) is 30.0 Å². The van der Waals surface area contributed by atoms with Crippen LogP contribution in [0.3, 0.4) is 0 Å². The van der Waals surface area contributed by atoms with Gasteiger partial charge in [-0.1, -0.05) is 23.7 Å². The smallest absolute Gasteiger partial charge is 0.316 e. The molecule has 2 aromatic rings. The fraction of sp³-hybridized carbons (Fsp3) is 0.389. The van der Waals surface area contributed by atoms with E-state index in [-0.39, 0.29) is 11.6 Å². The van der Waals surface area contributed by atoms with Gasteiger partial charge in [-0.3, -0.25) is 9.48 Å². The van der Waals surface area contributed by atoms with Gasteiger partial charge >= 0.3 is 12.0 Å². The molecule has 26 heavy (non-hydrogen) atoms. The van der Waals surface area contributed by atoms with E-state index in [1.54, 1.807) is 16.8 Å². The molecule has 1 atom stereocenters. The van der Waals surface area contributed by atoms with Crippen molar-refractivity contribution in [2.24, 2.45) is 12.5 Å². The minimum atomic E-state index is -0.769. The Balaban J connectivity index is 1.48. The zero-order valence-electron chi connectivity index (χ0n) is 14.2. The summed E-state index contributed by atoms with van der Waals surface area (Å²) in [6, 6.07) is 8.34. The van der Waals surface area contributed by atoms with Gasteiger partial charge < -0.3 is 15.7 Å². The van der Waals surface area contributed by atoms with Gasteiger partial charge in [0.25, 0.3) is 0 Å². The Morgan fingerprint density at radius 1 is 1.23 bits per heavy atom. The summed E-state index contributed by atoms with van der Waals surface area (Å²) in [5, 5.41) is 20.1. The fourth-order valence-electron chi connectivity index (χ4n) is 4.13. The van der Waals surface area contributed by atoms with Gasteiger partial charge in [0.2, 0.25) is 0 Å². The zero-order chi connectivity index (χ0) is 18.5. The number of nitrogens with one attached hydrogen (secondary N) is 2. The van der Waals surface area contributed by atoms with Crippen molar-refractivity contribution < 1.29 is 14.7 Å². The number of urea groups is 1. The fourth-order valence-corrected chi connectivity index (χ4v) is 4.25. The van der Waals surface area contributed by atoms with Crippen molar-refractivity contribution in [3.05, 3.63) is 52.8 Å². The van der Waals surface area contributed by atoms with Crippen LogP contribution in [0.2, 0.25) is 5.02 Å². The average Bonchev–Trinajstić information content (AvgIpc) is 2.94. The number of carboxylic acid groups (broad SMARTS) is 1. The third kappa shape index (κ3) is 2.72. The number of aryl methyl sites for hydroxylation is 1. The minimum Gasteiger partial charge on any atom is -0.481 e. The first-order valence-corrected chi connectivity index (χ1v) is 8.76. The van der Waals surface area contributed by atoms with E-state index >= 15 is 0 Å². The molecule has 0 saturated heterocycles. The van der Waals surface area contributed by atoms with Crippen LogP contribution in [-0.4, -0.2) is 32.4 Å². The molecule has 0 aliphatic heterocycles. The first kappa shape index (κ1) is 16.9. The molecule has 3 N–H and O–H groups in total. The molecule has 7 nitrogen and oxygen atoms in total. The summed E-state index contributed by atoms with van der Waals surface area (Å²) in [5.41, 5.74) is 0.577. The van der Waals surface area contributed by atoms with Crippen molar-refractivity contribution in [2.45, 2.75) is 30.8 Å². The quantitative estimate of drug-likeness (QED) is 0.749. The normalized spacial score (nSPS) is 27.0. The van der Waals surface area contributed by atoms with Gasteiger partial charge in [-0.05, 0) is 43.0 Å². The zero-order valence-corrected chi connectivity index (χ0v) is 15.0. The third-order valence-electron chi connectivity index (χ3n) is 5.37.